The molecule has 1 atom stereocenters. The number of aromatic nitrogens is 4. The number of hydrogen-bond acceptors (Lipinski definition) is 4. The predicted molar refractivity (Wildman–Crippen MR) is 71.8 cm³/mol. The van der Waals surface area contributed by atoms with Crippen LogP contribution >= 0.6 is 0 Å². The molecule has 0 aliphatic carbocycles. The molecule has 0 amide bonds. The van der Waals surface area contributed by atoms with E-state index in [0.29, 0.717) is 12.8 Å². The first-order chi connectivity index (χ1) is 9.40. The highest BCUT2D eigenvalue weighted by Crippen LogP contribution is 2.18. The van der Waals surface area contributed by atoms with E-state index in [1.807, 2.05) is 6.92 Å². The molecule has 0 saturated carbocycles. The Hall–Kier alpha value is -2.38. The first kappa shape index (κ1) is 14.0. The van der Waals surface area contributed by atoms with Crippen molar-refractivity contribution in [2.45, 2.75) is 25.8 Å². The lowest BCUT2D eigenvalue weighted by atomic mass is 10.1. The van der Waals surface area contributed by atoms with E-state index >= 15 is 0 Å². The van der Waals surface area contributed by atoms with Crippen LogP contribution in [0.1, 0.15) is 25.8 Å². The topological polar surface area (TPSA) is 99.1 Å². The largest absolute Gasteiger partial charge is 0.480 e. The molecule has 2 rings (SSSR count). The zero-order valence-corrected chi connectivity index (χ0v) is 11.5. The quantitative estimate of drug-likeness (QED) is 0.840. The Kier molecular flexibility index (Phi) is 3.47. The summed E-state index contributed by atoms with van der Waals surface area (Å²) in [4.78, 5) is 39.4. The fourth-order valence-corrected chi connectivity index (χ4v) is 2.26. The molecule has 0 aliphatic rings. The SMILES string of the molecule is CCCC(C(=O)O)n1cnc2c1c(=O)n(C)c(=O)n2C. The first-order valence-corrected chi connectivity index (χ1v) is 6.25. The smallest absolute Gasteiger partial charge is 0.332 e. The summed E-state index contributed by atoms with van der Waals surface area (Å²) < 4.78 is 3.52. The maximum absolute atomic E-state index is 12.2. The molecule has 0 aromatic carbocycles. The Balaban J connectivity index is 2.84. The van der Waals surface area contributed by atoms with Gasteiger partial charge in [0.1, 0.15) is 6.04 Å². The predicted octanol–water partition coefficient (Wildman–Crippen LogP) is -0.140. The Morgan fingerprint density at radius 1 is 1.35 bits per heavy atom. The lowest BCUT2D eigenvalue weighted by molar-refractivity contribution is -0.141. The standard InChI is InChI=1S/C12H16N4O4/c1-4-5-7(11(18)19)16-6-13-9-8(16)10(17)15(3)12(20)14(9)2/h6-7H,4-5H2,1-3H3,(H,18,19). The molecule has 1 N–H and O–H groups in total. The van der Waals surface area contributed by atoms with Crippen LogP contribution < -0.4 is 11.2 Å². The number of rotatable bonds is 4. The normalized spacial score (nSPS) is 12.8. The van der Waals surface area contributed by atoms with E-state index in [0.717, 1.165) is 4.57 Å². The molecule has 0 radical (unpaired) electrons. The summed E-state index contributed by atoms with van der Waals surface area (Å²) in [6.45, 7) is 1.86. The van der Waals surface area contributed by atoms with E-state index in [2.05, 4.69) is 4.98 Å². The van der Waals surface area contributed by atoms with Crippen LogP contribution in [0.15, 0.2) is 15.9 Å². The molecular formula is C12H16N4O4. The number of imidazole rings is 1. The van der Waals surface area contributed by atoms with E-state index in [1.165, 1.54) is 29.6 Å². The summed E-state index contributed by atoms with van der Waals surface area (Å²) in [7, 11) is 2.86. The van der Waals surface area contributed by atoms with Gasteiger partial charge in [0.25, 0.3) is 5.56 Å². The molecule has 0 bridgehead atoms. The van der Waals surface area contributed by atoms with Gasteiger partial charge in [0.05, 0.1) is 6.33 Å². The van der Waals surface area contributed by atoms with Crippen molar-refractivity contribution in [2.24, 2.45) is 14.1 Å². The third kappa shape index (κ3) is 1.93. The van der Waals surface area contributed by atoms with Gasteiger partial charge in [-0.1, -0.05) is 13.3 Å². The number of nitrogens with zero attached hydrogens (tertiary/aromatic N) is 4. The molecular weight excluding hydrogens is 264 g/mol. The van der Waals surface area contributed by atoms with E-state index < -0.39 is 23.3 Å². The number of hydrogen-bond donors (Lipinski definition) is 1. The van der Waals surface area contributed by atoms with Crippen LogP contribution in [0.5, 0.6) is 0 Å². The van der Waals surface area contributed by atoms with E-state index in [9.17, 15) is 19.5 Å². The second-order valence-corrected chi connectivity index (χ2v) is 4.67. The Morgan fingerprint density at radius 3 is 2.55 bits per heavy atom. The van der Waals surface area contributed by atoms with Gasteiger partial charge in [-0.3, -0.25) is 13.9 Å². The van der Waals surface area contributed by atoms with Crippen molar-refractivity contribution in [1.29, 1.82) is 0 Å². The summed E-state index contributed by atoms with van der Waals surface area (Å²) in [6, 6.07) is -0.866. The molecule has 2 aromatic rings. The minimum absolute atomic E-state index is 0.135. The number of carboxylic acids is 1. The molecule has 0 aliphatic heterocycles. The third-order valence-electron chi connectivity index (χ3n) is 3.36. The van der Waals surface area contributed by atoms with Gasteiger partial charge in [0.15, 0.2) is 11.2 Å². The zero-order valence-electron chi connectivity index (χ0n) is 11.5. The van der Waals surface area contributed by atoms with Crippen LogP contribution in [0, 0.1) is 0 Å². The van der Waals surface area contributed by atoms with Crippen molar-refractivity contribution in [3.05, 3.63) is 27.2 Å². The summed E-state index contributed by atoms with van der Waals surface area (Å²) in [6.07, 6.45) is 2.34. The maximum atomic E-state index is 12.2. The van der Waals surface area contributed by atoms with Crippen molar-refractivity contribution in [1.82, 2.24) is 18.7 Å². The fraction of sp³-hybridized carbons (Fsp3) is 0.500. The Morgan fingerprint density at radius 2 is 2.00 bits per heavy atom. The average Bonchev–Trinajstić information content (AvgIpc) is 2.84. The van der Waals surface area contributed by atoms with Gasteiger partial charge in [-0.05, 0) is 6.42 Å². The molecule has 8 nitrogen and oxygen atoms in total. The molecule has 2 aromatic heterocycles. The summed E-state index contributed by atoms with van der Waals surface area (Å²) >= 11 is 0. The lowest BCUT2D eigenvalue weighted by Crippen LogP contribution is -2.38. The fourth-order valence-electron chi connectivity index (χ4n) is 2.26. The first-order valence-electron chi connectivity index (χ1n) is 6.25. The van der Waals surface area contributed by atoms with Crippen molar-refractivity contribution in [2.75, 3.05) is 0 Å². The second-order valence-electron chi connectivity index (χ2n) is 4.67. The maximum Gasteiger partial charge on any atom is 0.332 e. The highest BCUT2D eigenvalue weighted by molar-refractivity contribution is 5.77. The minimum atomic E-state index is -1.03. The van der Waals surface area contributed by atoms with Gasteiger partial charge in [0.2, 0.25) is 0 Å². The van der Waals surface area contributed by atoms with Gasteiger partial charge in [-0.15, -0.1) is 0 Å². The Bertz CT molecular complexity index is 783. The van der Waals surface area contributed by atoms with Crippen molar-refractivity contribution < 1.29 is 9.90 Å². The molecule has 0 saturated heterocycles. The third-order valence-corrected chi connectivity index (χ3v) is 3.36. The molecule has 1 unspecified atom stereocenters. The molecule has 8 heteroatoms. The second kappa shape index (κ2) is 4.95. The molecule has 0 spiro atoms. The summed E-state index contributed by atoms with van der Waals surface area (Å²) in [5, 5.41) is 9.29. The number of aliphatic carboxylic acids is 1. The minimum Gasteiger partial charge on any atom is -0.480 e. The molecule has 0 fully saturated rings. The van der Waals surface area contributed by atoms with E-state index in [-0.39, 0.29) is 11.2 Å². The zero-order chi connectivity index (χ0) is 15.0. The molecule has 2 heterocycles. The van der Waals surface area contributed by atoms with Gasteiger partial charge >= 0.3 is 11.7 Å². The van der Waals surface area contributed by atoms with E-state index in [4.69, 9.17) is 0 Å². The Labute approximate surface area is 113 Å². The van der Waals surface area contributed by atoms with Crippen LogP contribution in [0.4, 0.5) is 0 Å². The number of carboxylic acid groups (broad SMARTS) is 1. The van der Waals surface area contributed by atoms with Crippen LogP contribution in [0.2, 0.25) is 0 Å². The van der Waals surface area contributed by atoms with Crippen molar-refractivity contribution in [3.8, 4) is 0 Å². The lowest BCUT2D eigenvalue weighted by Gasteiger charge is -2.14. The van der Waals surface area contributed by atoms with Crippen LogP contribution in [0.3, 0.4) is 0 Å². The average molecular weight is 280 g/mol. The van der Waals surface area contributed by atoms with Gasteiger partial charge < -0.3 is 9.67 Å². The van der Waals surface area contributed by atoms with Crippen LogP contribution in [-0.2, 0) is 18.9 Å². The highest BCUT2D eigenvalue weighted by Gasteiger charge is 2.24. The van der Waals surface area contributed by atoms with E-state index in [1.54, 1.807) is 0 Å². The van der Waals surface area contributed by atoms with Crippen LogP contribution in [-0.4, -0.2) is 29.8 Å². The molecule has 20 heavy (non-hydrogen) atoms. The van der Waals surface area contributed by atoms with Gasteiger partial charge in [0, 0.05) is 14.1 Å². The monoisotopic (exact) mass is 280 g/mol. The number of carbonyl (C=O) groups is 1. The summed E-state index contributed by atoms with van der Waals surface area (Å²) in [5.41, 5.74) is -0.700. The number of aryl methyl sites for hydroxylation is 1. The highest BCUT2D eigenvalue weighted by atomic mass is 16.4. The number of fused-ring (bicyclic) bond motifs is 1. The molecule has 108 valence electrons. The van der Waals surface area contributed by atoms with Gasteiger partial charge in [-0.2, -0.15) is 0 Å². The van der Waals surface area contributed by atoms with Crippen molar-refractivity contribution >= 4 is 17.1 Å². The van der Waals surface area contributed by atoms with Gasteiger partial charge in [-0.25, -0.2) is 14.6 Å². The van der Waals surface area contributed by atoms with Crippen LogP contribution in [0.25, 0.3) is 11.2 Å². The summed E-state index contributed by atoms with van der Waals surface area (Å²) in [5.74, 6) is -1.03. The van der Waals surface area contributed by atoms with Crippen molar-refractivity contribution in [3.63, 3.8) is 0 Å².